The minimum Gasteiger partial charge on any atom is -0.243 e. The van der Waals surface area contributed by atoms with E-state index in [0.29, 0.717) is 0 Å². The maximum absolute atomic E-state index is 13.1. The monoisotopic (exact) mass is 315 g/mol. The Kier molecular flexibility index (Phi) is 3.05. The molecule has 22 heavy (non-hydrogen) atoms. The number of pyridine rings is 1. The van der Waals surface area contributed by atoms with E-state index in [-0.39, 0.29) is 21.7 Å². The van der Waals surface area contributed by atoms with Crippen LogP contribution in [0.1, 0.15) is 11.3 Å². The summed E-state index contributed by atoms with van der Waals surface area (Å²) in [6, 6.07) is 7.93. The first kappa shape index (κ1) is 14.6. The molecule has 0 bridgehead atoms. The summed E-state index contributed by atoms with van der Waals surface area (Å²) in [5.41, 5.74) is -2.15. The summed E-state index contributed by atoms with van der Waals surface area (Å²) in [5.74, 6) is 0. The molecule has 1 heterocycles. The lowest BCUT2D eigenvalue weighted by atomic mass is 10.0. The predicted octanol–water partition coefficient (Wildman–Crippen LogP) is 5.43. The highest BCUT2D eigenvalue weighted by atomic mass is 19.4. The summed E-state index contributed by atoms with van der Waals surface area (Å²) in [6.07, 6.45) is -9.26. The number of hydrogen-bond acceptors (Lipinski definition) is 1. The molecule has 0 aliphatic carbocycles. The molecule has 2 aromatic carbocycles. The Labute approximate surface area is 120 Å². The van der Waals surface area contributed by atoms with Crippen LogP contribution in [0.4, 0.5) is 26.3 Å². The standard InChI is InChI=1S/C15H7F6N/c16-14(17,18)8-5-6-12-11(7-8)9-3-1-2-4-10(9)13(22-12)15(19,20)21/h1-7H. The smallest absolute Gasteiger partial charge is 0.243 e. The third-order valence-corrected chi connectivity index (χ3v) is 3.30. The largest absolute Gasteiger partial charge is 0.433 e. The second-order valence-electron chi connectivity index (χ2n) is 4.73. The molecule has 7 heteroatoms. The molecule has 0 radical (unpaired) electrons. The zero-order valence-corrected chi connectivity index (χ0v) is 10.8. The van der Waals surface area contributed by atoms with Crippen molar-refractivity contribution in [2.24, 2.45) is 0 Å². The number of hydrogen-bond donors (Lipinski definition) is 0. The molecule has 0 aliphatic heterocycles. The van der Waals surface area contributed by atoms with Gasteiger partial charge in [0.15, 0.2) is 5.69 Å². The van der Waals surface area contributed by atoms with Gasteiger partial charge in [-0.3, -0.25) is 0 Å². The second-order valence-corrected chi connectivity index (χ2v) is 4.73. The molecule has 3 rings (SSSR count). The highest BCUT2D eigenvalue weighted by Crippen LogP contribution is 2.38. The fourth-order valence-electron chi connectivity index (χ4n) is 2.35. The van der Waals surface area contributed by atoms with Crippen molar-refractivity contribution < 1.29 is 26.3 Å². The van der Waals surface area contributed by atoms with Crippen molar-refractivity contribution in [2.45, 2.75) is 12.4 Å². The van der Waals surface area contributed by atoms with Crippen LogP contribution in [-0.2, 0) is 12.4 Å². The fraction of sp³-hybridized carbons (Fsp3) is 0.133. The Bertz CT molecular complexity index is 863. The van der Waals surface area contributed by atoms with Gasteiger partial charge in [0, 0.05) is 10.8 Å². The third-order valence-electron chi connectivity index (χ3n) is 3.30. The average molecular weight is 315 g/mol. The Balaban J connectivity index is 2.44. The molecule has 0 atom stereocenters. The van der Waals surface area contributed by atoms with Gasteiger partial charge >= 0.3 is 12.4 Å². The molecule has 0 saturated heterocycles. The van der Waals surface area contributed by atoms with Crippen LogP contribution in [0.5, 0.6) is 0 Å². The molecule has 1 nitrogen and oxygen atoms in total. The van der Waals surface area contributed by atoms with Gasteiger partial charge in [0.1, 0.15) is 0 Å². The molecule has 0 fully saturated rings. The summed E-state index contributed by atoms with van der Waals surface area (Å²) in [7, 11) is 0. The van der Waals surface area contributed by atoms with E-state index < -0.39 is 23.6 Å². The van der Waals surface area contributed by atoms with Crippen molar-refractivity contribution in [1.82, 2.24) is 4.98 Å². The Hall–Kier alpha value is -2.31. The minimum absolute atomic E-state index is 0.0402. The third kappa shape index (κ3) is 2.36. The molecule has 0 aliphatic rings. The summed E-state index contributed by atoms with van der Waals surface area (Å²) >= 11 is 0. The minimum atomic E-state index is -4.68. The summed E-state index contributed by atoms with van der Waals surface area (Å²) in [4.78, 5) is 3.51. The quantitative estimate of drug-likeness (QED) is 0.398. The van der Waals surface area contributed by atoms with Crippen molar-refractivity contribution in [3.8, 4) is 0 Å². The van der Waals surface area contributed by atoms with Crippen molar-refractivity contribution in [3.63, 3.8) is 0 Å². The van der Waals surface area contributed by atoms with Crippen LogP contribution in [-0.4, -0.2) is 4.98 Å². The number of halogens is 6. The average Bonchev–Trinajstić information content (AvgIpc) is 2.44. The zero-order valence-electron chi connectivity index (χ0n) is 10.8. The maximum Gasteiger partial charge on any atom is 0.433 e. The van der Waals surface area contributed by atoms with E-state index in [9.17, 15) is 26.3 Å². The molecule has 3 aromatic rings. The van der Waals surface area contributed by atoms with Crippen LogP contribution < -0.4 is 0 Å². The number of alkyl halides is 6. The van der Waals surface area contributed by atoms with Crippen molar-refractivity contribution in [1.29, 1.82) is 0 Å². The first-order valence-corrected chi connectivity index (χ1v) is 6.15. The van der Waals surface area contributed by atoms with Gasteiger partial charge in [0.2, 0.25) is 0 Å². The lowest BCUT2D eigenvalue weighted by Crippen LogP contribution is -2.10. The van der Waals surface area contributed by atoms with E-state index in [2.05, 4.69) is 4.98 Å². The zero-order chi connectivity index (χ0) is 16.1. The van der Waals surface area contributed by atoms with Gasteiger partial charge in [0.05, 0.1) is 11.1 Å². The Morgan fingerprint density at radius 2 is 1.32 bits per heavy atom. The summed E-state index contributed by atoms with van der Waals surface area (Å²) < 4.78 is 77.6. The van der Waals surface area contributed by atoms with E-state index in [1.54, 1.807) is 0 Å². The second kappa shape index (κ2) is 4.59. The van der Waals surface area contributed by atoms with Crippen LogP contribution in [0.2, 0.25) is 0 Å². The van der Waals surface area contributed by atoms with Gasteiger partial charge in [-0.05, 0) is 23.6 Å². The number of aromatic nitrogens is 1. The fourth-order valence-corrected chi connectivity index (χ4v) is 2.35. The lowest BCUT2D eigenvalue weighted by Gasteiger charge is -2.13. The van der Waals surface area contributed by atoms with Crippen molar-refractivity contribution >= 4 is 21.7 Å². The highest BCUT2D eigenvalue weighted by Gasteiger charge is 2.36. The van der Waals surface area contributed by atoms with E-state index >= 15 is 0 Å². The summed E-state index contributed by atoms with van der Waals surface area (Å²) in [6.45, 7) is 0. The van der Waals surface area contributed by atoms with Crippen LogP contribution in [0, 0.1) is 0 Å². The topological polar surface area (TPSA) is 12.9 Å². The van der Waals surface area contributed by atoms with Crippen LogP contribution in [0.3, 0.4) is 0 Å². The molecule has 0 saturated carbocycles. The number of fused-ring (bicyclic) bond motifs is 3. The van der Waals surface area contributed by atoms with Gasteiger partial charge in [0.25, 0.3) is 0 Å². The van der Waals surface area contributed by atoms with Crippen LogP contribution >= 0.6 is 0 Å². The molecule has 0 amide bonds. The van der Waals surface area contributed by atoms with Crippen molar-refractivity contribution in [3.05, 3.63) is 53.7 Å². The van der Waals surface area contributed by atoms with E-state index in [1.807, 2.05) is 0 Å². The van der Waals surface area contributed by atoms with Crippen LogP contribution in [0.15, 0.2) is 42.5 Å². The van der Waals surface area contributed by atoms with Crippen LogP contribution in [0.25, 0.3) is 21.7 Å². The molecule has 1 aromatic heterocycles. The predicted molar refractivity (Wildman–Crippen MR) is 69.3 cm³/mol. The first-order chi connectivity index (χ1) is 10.2. The van der Waals surface area contributed by atoms with E-state index in [1.165, 1.54) is 24.3 Å². The number of nitrogens with zero attached hydrogens (tertiary/aromatic N) is 1. The Morgan fingerprint density at radius 1 is 0.682 bits per heavy atom. The SMILES string of the molecule is FC(F)(F)c1ccc2nc(C(F)(F)F)c3ccccc3c2c1. The van der Waals surface area contributed by atoms with Crippen molar-refractivity contribution in [2.75, 3.05) is 0 Å². The van der Waals surface area contributed by atoms with Gasteiger partial charge in [-0.1, -0.05) is 24.3 Å². The van der Waals surface area contributed by atoms with E-state index in [0.717, 1.165) is 18.2 Å². The number of benzene rings is 2. The molecule has 0 N–H and O–H groups in total. The maximum atomic E-state index is 13.1. The highest BCUT2D eigenvalue weighted by molar-refractivity contribution is 6.07. The molecule has 0 spiro atoms. The Morgan fingerprint density at radius 3 is 1.91 bits per heavy atom. The molecular formula is C15H7F6N. The molecular weight excluding hydrogens is 308 g/mol. The normalized spacial score (nSPS) is 13.0. The van der Waals surface area contributed by atoms with E-state index in [4.69, 9.17) is 0 Å². The molecule has 0 unspecified atom stereocenters. The summed E-state index contributed by atoms with van der Waals surface area (Å²) in [5, 5.41) is -0.0915. The van der Waals surface area contributed by atoms with Gasteiger partial charge in [-0.15, -0.1) is 0 Å². The molecule has 114 valence electrons. The van der Waals surface area contributed by atoms with Gasteiger partial charge in [-0.25, -0.2) is 4.98 Å². The first-order valence-electron chi connectivity index (χ1n) is 6.15. The number of rotatable bonds is 0. The van der Waals surface area contributed by atoms with Gasteiger partial charge in [-0.2, -0.15) is 26.3 Å². The van der Waals surface area contributed by atoms with Gasteiger partial charge < -0.3 is 0 Å². The lowest BCUT2D eigenvalue weighted by molar-refractivity contribution is -0.140.